The number of carbonyl (C=O) groups is 3. The standard InChI is InChI=1S/C22H24FN3O3/c1-3-15(16-7-5-4-6-8-16)13-24-19(27)14-26-20(28)22(2,25-21(26)29)17-9-11-18(23)12-10-17/h4-12,15H,3,13-14H2,1-2H3,(H,24,27)(H,25,29). The van der Waals surface area contributed by atoms with E-state index < -0.39 is 29.2 Å². The highest BCUT2D eigenvalue weighted by Crippen LogP contribution is 2.28. The molecule has 2 N–H and O–H groups in total. The Morgan fingerprint density at radius 3 is 2.41 bits per heavy atom. The molecule has 0 spiro atoms. The highest BCUT2D eigenvalue weighted by Gasteiger charge is 2.49. The average Bonchev–Trinajstić information content (AvgIpc) is 2.93. The molecule has 0 radical (unpaired) electrons. The molecule has 29 heavy (non-hydrogen) atoms. The number of carbonyl (C=O) groups excluding carboxylic acids is 3. The predicted octanol–water partition coefficient (Wildman–Crippen LogP) is 2.90. The van der Waals surface area contributed by atoms with Gasteiger partial charge in [-0.15, -0.1) is 0 Å². The molecule has 2 aromatic rings. The minimum absolute atomic E-state index is 0.146. The molecule has 0 aliphatic carbocycles. The van der Waals surface area contributed by atoms with Gasteiger partial charge in [-0.05, 0) is 36.6 Å². The number of hydrogen-bond acceptors (Lipinski definition) is 3. The third kappa shape index (κ3) is 4.29. The van der Waals surface area contributed by atoms with Crippen molar-refractivity contribution in [3.05, 3.63) is 71.5 Å². The molecule has 4 amide bonds. The monoisotopic (exact) mass is 397 g/mol. The van der Waals surface area contributed by atoms with E-state index in [1.54, 1.807) is 6.92 Å². The first-order valence-corrected chi connectivity index (χ1v) is 9.57. The van der Waals surface area contributed by atoms with Crippen LogP contribution in [-0.2, 0) is 15.1 Å². The SMILES string of the molecule is CCC(CNC(=O)CN1C(=O)NC(C)(c2ccc(F)cc2)C1=O)c1ccccc1. The first kappa shape index (κ1) is 20.5. The van der Waals surface area contributed by atoms with E-state index in [9.17, 15) is 18.8 Å². The van der Waals surface area contributed by atoms with Gasteiger partial charge in [-0.3, -0.25) is 14.5 Å². The molecule has 1 saturated heterocycles. The number of nitrogens with one attached hydrogen (secondary N) is 2. The maximum absolute atomic E-state index is 13.2. The van der Waals surface area contributed by atoms with E-state index in [1.807, 2.05) is 37.3 Å². The van der Waals surface area contributed by atoms with Crippen molar-refractivity contribution in [1.82, 2.24) is 15.5 Å². The molecule has 6 nitrogen and oxygen atoms in total. The summed E-state index contributed by atoms with van der Waals surface area (Å²) in [7, 11) is 0. The van der Waals surface area contributed by atoms with Gasteiger partial charge in [0.25, 0.3) is 5.91 Å². The summed E-state index contributed by atoms with van der Waals surface area (Å²) >= 11 is 0. The zero-order valence-electron chi connectivity index (χ0n) is 16.4. The summed E-state index contributed by atoms with van der Waals surface area (Å²) in [6, 6.07) is 14.5. The van der Waals surface area contributed by atoms with E-state index in [4.69, 9.17) is 0 Å². The molecule has 1 heterocycles. The molecule has 7 heteroatoms. The lowest BCUT2D eigenvalue weighted by Crippen LogP contribution is -2.43. The van der Waals surface area contributed by atoms with Crippen LogP contribution in [0.1, 0.15) is 37.3 Å². The molecule has 1 aliphatic heterocycles. The molecule has 152 valence electrons. The topological polar surface area (TPSA) is 78.5 Å². The van der Waals surface area contributed by atoms with Crippen LogP contribution in [-0.4, -0.2) is 35.8 Å². The summed E-state index contributed by atoms with van der Waals surface area (Å²) in [5, 5.41) is 5.42. The second-order valence-corrected chi connectivity index (χ2v) is 7.27. The van der Waals surface area contributed by atoms with Crippen LogP contribution in [0.3, 0.4) is 0 Å². The maximum atomic E-state index is 13.2. The van der Waals surface area contributed by atoms with E-state index >= 15 is 0 Å². The van der Waals surface area contributed by atoms with Crippen molar-refractivity contribution in [2.24, 2.45) is 0 Å². The van der Waals surface area contributed by atoms with Crippen LogP contribution in [0.4, 0.5) is 9.18 Å². The normalized spacial score (nSPS) is 19.8. The molecule has 2 atom stereocenters. The van der Waals surface area contributed by atoms with Gasteiger partial charge in [0.15, 0.2) is 0 Å². The van der Waals surface area contributed by atoms with Crippen molar-refractivity contribution >= 4 is 17.8 Å². The van der Waals surface area contributed by atoms with Crippen LogP contribution in [0.2, 0.25) is 0 Å². The summed E-state index contributed by atoms with van der Waals surface area (Å²) < 4.78 is 13.2. The zero-order valence-corrected chi connectivity index (χ0v) is 16.4. The van der Waals surface area contributed by atoms with E-state index in [0.29, 0.717) is 12.1 Å². The lowest BCUT2D eigenvalue weighted by molar-refractivity contribution is -0.134. The maximum Gasteiger partial charge on any atom is 0.325 e. The van der Waals surface area contributed by atoms with Crippen LogP contribution >= 0.6 is 0 Å². The summed E-state index contributed by atoms with van der Waals surface area (Å²) in [6.45, 7) is 3.63. The second-order valence-electron chi connectivity index (χ2n) is 7.27. The highest BCUT2D eigenvalue weighted by molar-refractivity contribution is 6.09. The first-order valence-electron chi connectivity index (χ1n) is 9.57. The third-order valence-electron chi connectivity index (χ3n) is 5.31. The Morgan fingerprint density at radius 1 is 1.14 bits per heavy atom. The Balaban J connectivity index is 1.63. The Kier molecular flexibility index (Phi) is 5.96. The molecule has 0 saturated carbocycles. The summed E-state index contributed by atoms with van der Waals surface area (Å²) in [6.07, 6.45) is 0.843. The minimum atomic E-state index is -1.33. The predicted molar refractivity (Wildman–Crippen MR) is 106 cm³/mol. The third-order valence-corrected chi connectivity index (χ3v) is 5.31. The molecular weight excluding hydrogens is 373 g/mol. The average molecular weight is 397 g/mol. The van der Waals surface area contributed by atoms with Crippen LogP contribution in [0, 0.1) is 5.82 Å². The Labute approximate surface area is 169 Å². The van der Waals surface area contributed by atoms with Gasteiger partial charge < -0.3 is 10.6 Å². The fraction of sp³-hybridized carbons (Fsp3) is 0.318. The van der Waals surface area contributed by atoms with Gasteiger partial charge in [0.05, 0.1) is 0 Å². The van der Waals surface area contributed by atoms with Crippen molar-refractivity contribution in [3.8, 4) is 0 Å². The molecular formula is C22H24FN3O3. The number of benzene rings is 2. The number of urea groups is 1. The fourth-order valence-electron chi connectivity index (χ4n) is 3.48. The zero-order chi connectivity index (χ0) is 21.0. The van der Waals surface area contributed by atoms with E-state index in [2.05, 4.69) is 10.6 Å². The van der Waals surface area contributed by atoms with Gasteiger partial charge in [0.1, 0.15) is 17.9 Å². The molecule has 2 unspecified atom stereocenters. The number of hydrogen-bond donors (Lipinski definition) is 2. The summed E-state index contributed by atoms with van der Waals surface area (Å²) in [5.41, 5.74) is 0.241. The Hall–Kier alpha value is -3.22. The van der Waals surface area contributed by atoms with Gasteiger partial charge in [0.2, 0.25) is 5.91 Å². The van der Waals surface area contributed by atoms with E-state index in [0.717, 1.165) is 16.9 Å². The van der Waals surface area contributed by atoms with Crippen LogP contribution in [0.25, 0.3) is 0 Å². The minimum Gasteiger partial charge on any atom is -0.354 e. The number of amides is 4. The lowest BCUT2D eigenvalue weighted by Gasteiger charge is -2.22. The number of rotatable bonds is 7. The van der Waals surface area contributed by atoms with Crippen LogP contribution in [0.5, 0.6) is 0 Å². The lowest BCUT2D eigenvalue weighted by atomic mass is 9.92. The first-order chi connectivity index (χ1) is 13.8. The van der Waals surface area contributed by atoms with Crippen molar-refractivity contribution in [2.45, 2.75) is 31.7 Å². The molecule has 1 aliphatic rings. The van der Waals surface area contributed by atoms with Crippen molar-refractivity contribution in [3.63, 3.8) is 0 Å². The number of halogens is 1. The highest BCUT2D eigenvalue weighted by atomic mass is 19.1. The smallest absolute Gasteiger partial charge is 0.325 e. The molecule has 3 rings (SSSR count). The van der Waals surface area contributed by atoms with Crippen LogP contribution < -0.4 is 10.6 Å². The van der Waals surface area contributed by atoms with E-state index in [-0.39, 0.29) is 12.5 Å². The van der Waals surface area contributed by atoms with Gasteiger partial charge >= 0.3 is 6.03 Å². The second kappa shape index (κ2) is 8.43. The van der Waals surface area contributed by atoms with Crippen molar-refractivity contribution in [1.29, 1.82) is 0 Å². The Morgan fingerprint density at radius 2 is 1.79 bits per heavy atom. The molecule has 0 bridgehead atoms. The largest absolute Gasteiger partial charge is 0.354 e. The van der Waals surface area contributed by atoms with Crippen molar-refractivity contribution < 1.29 is 18.8 Å². The van der Waals surface area contributed by atoms with Gasteiger partial charge in [-0.25, -0.2) is 9.18 Å². The fourth-order valence-corrected chi connectivity index (χ4v) is 3.48. The quantitative estimate of drug-likeness (QED) is 0.705. The number of imide groups is 1. The summed E-state index contributed by atoms with van der Waals surface area (Å²) in [5.74, 6) is -1.24. The number of nitrogens with zero attached hydrogens (tertiary/aromatic N) is 1. The summed E-state index contributed by atoms with van der Waals surface area (Å²) in [4.78, 5) is 38.5. The van der Waals surface area contributed by atoms with Crippen molar-refractivity contribution in [2.75, 3.05) is 13.1 Å². The van der Waals surface area contributed by atoms with Crippen LogP contribution in [0.15, 0.2) is 54.6 Å². The van der Waals surface area contributed by atoms with Gasteiger partial charge in [-0.2, -0.15) is 0 Å². The van der Waals surface area contributed by atoms with Gasteiger partial charge in [-0.1, -0.05) is 49.4 Å². The molecule has 1 fully saturated rings. The molecule has 2 aromatic carbocycles. The van der Waals surface area contributed by atoms with E-state index in [1.165, 1.54) is 24.3 Å². The Bertz CT molecular complexity index is 901. The van der Waals surface area contributed by atoms with Gasteiger partial charge in [0, 0.05) is 12.5 Å². The molecule has 0 aromatic heterocycles.